The summed E-state index contributed by atoms with van der Waals surface area (Å²) in [4.78, 5) is 4.22. The molecule has 1 aromatic rings. The monoisotopic (exact) mass is 145 g/mol. The van der Waals surface area contributed by atoms with E-state index in [-0.39, 0.29) is 0 Å². The van der Waals surface area contributed by atoms with Crippen LogP contribution >= 0.6 is 0 Å². The Morgan fingerprint density at radius 3 is 2.73 bits per heavy atom. The van der Waals surface area contributed by atoms with Crippen LogP contribution in [0.5, 0.6) is 0 Å². The van der Waals surface area contributed by atoms with Crippen LogP contribution in [-0.2, 0) is 0 Å². The predicted octanol–water partition coefficient (Wildman–Crippen LogP) is 2.65. The molecule has 56 valence electrons. The van der Waals surface area contributed by atoms with Crippen molar-refractivity contribution in [2.75, 3.05) is 0 Å². The lowest BCUT2D eigenvalue weighted by molar-refractivity contribution is 0.669. The Morgan fingerprint density at radius 2 is 2.18 bits per heavy atom. The maximum absolute atomic E-state index is 4.22. The van der Waals surface area contributed by atoms with E-state index in [9.17, 15) is 0 Å². The summed E-state index contributed by atoms with van der Waals surface area (Å²) in [6, 6.07) is 6.02. The predicted molar refractivity (Wildman–Crippen MR) is 46.1 cm³/mol. The lowest BCUT2D eigenvalue weighted by Crippen LogP contribution is -1.96. The number of allylic oxidation sites excluding steroid dienone is 1. The fraction of sp³-hybridized carbons (Fsp3) is 0.300. The highest BCUT2D eigenvalue weighted by atomic mass is 14.6. The molecular weight excluding hydrogens is 134 g/mol. The molecule has 1 aliphatic carbocycles. The third-order valence-corrected chi connectivity index (χ3v) is 2.04. The van der Waals surface area contributed by atoms with E-state index in [1.54, 1.807) is 5.57 Å². The molecule has 0 aromatic carbocycles. The van der Waals surface area contributed by atoms with Crippen molar-refractivity contribution >= 4 is 6.08 Å². The summed E-state index contributed by atoms with van der Waals surface area (Å²) in [5.74, 6) is 0. The Hall–Kier alpha value is -1.11. The fourth-order valence-corrected chi connectivity index (χ4v) is 1.20. The van der Waals surface area contributed by atoms with Crippen molar-refractivity contribution in [1.29, 1.82) is 0 Å². The summed E-state index contributed by atoms with van der Waals surface area (Å²) in [6.07, 6.45) is 7.94. The summed E-state index contributed by atoms with van der Waals surface area (Å²) in [7, 11) is 0. The minimum Gasteiger partial charge on any atom is -0.257 e. The topological polar surface area (TPSA) is 12.9 Å². The number of hydrogen-bond acceptors (Lipinski definition) is 1. The number of aromatic nitrogens is 1. The molecule has 0 unspecified atom stereocenters. The Labute approximate surface area is 66.8 Å². The molecule has 1 heteroatoms. The van der Waals surface area contributed by atoms with Gasteiger partial charge >= 0.3 is 0 Å². The first kappa shape index (κ1) is 6.59. The van der Waals surface area contributed by atoms with Gasteiger partial charge in [-0.2, -0.15) is 0 Å². The van der Waals surface area contributed by atoms with E-state index in [1.807, 2.05) is 24.4 Å². The van der Waals surface area contributed by atoms with E-state index in [0.717, 1.165) is 5.69 Å². The average Bonchev–Trinajstić information content (AvgIpc) is 1.99. The van der Waals surface area contributed by atoms with Crippen molar-refractivity contribution in [2.45, 2.75) is 19.3 Å². The van der Waals surface area contributed by atoms with Gasteiger partial charge in [0.2, 0.25) is 0 Å². The molecule has 1 aliphatic rings. The highest BCUT2D eigenvalue weighted by molar-refractivity contribution is 5.49. The third-order valence-electron chi connectivity index (χ3n) is 2.04. The van der Waals surface area contributed by atoms with Crippen molar-refractivity contribution in [3.63, 3.8) is 0 Å². The van der Waals surface area contributed by atoms with Crippen LogP contribution in [0.3, 0.4) is 0 Å². The van der Waals surface area contributed by atoms with Crippen LogP contribution < -0.4 is 0 Å². The van der Waals surface area contributed by atoms with E-state index < -0.39 is 0 Å². The van der Waals surface area contributed by atoms with Crippen LogP contribution in [0.2, 0.25) is 0 Å². The van der Waals surface area contributed by atoms with Gasteiger partial charge in [0.25, 0.3) is 0 Å². The minimum atomic E-state index is 1.10. The van der Waals surface area contributed by atoms with Crippen molar-refractivity contribution in [3.8, 4) is 0 Å². The van der Waals surface area contributed by atoms with E-state index >= 15 is 0 Å². The van der Waals surface area contributed by atoms with Crippen LogP contribution in [0.4, 0.5) is 0 Å². The quantitative estimate of drug-likeness (QED) is 0.592. The number of hydrogen-bond donors (Lipinski definition) is 0. The van der Waals surface area contributed by atoms with Gasteiger partial charge in [-0.3, -0.25) is 4.98 Å². The molecule has 1 heterocycles. The molecule has 0 saturated heterocycles. The molecule has 2 rings (SSSR count). The SMILES string of the molecule is C(=C1CCC1)c1ccccn1. The smallest absolute Gasteiger partial charge is 0.0629 e. The third kappa shape index (κ3) is 1.48. The molecule has 11 heavy (non-hydrogen) atoms. The maximum Gasteiger partial charge on any atom is 0.0629 e. The lowest BCUT2D eigenvalue weighted by Gasteiger charge is -2.15. The van der Waals surface area contributed by atoms with Gasteiger partial charge in [0, 0.05) is 6.20 Å². The van der Waals surface area contributed by atoms with Gasteiger partial charge in [-0.15, -0.1) is 0 Å². The summed E-state index contributed by atoms with van der Waals surface area (Å²) in [6.45, 7) is 0. The molecule has 0 N–H and O–H groups in total. The van der Waals surface area contributed by atoms with E-state index in [0.29, 0.717) is 0 Å². The zero-order valence-corrected chi connectivity index (χ0v) is 6.46. The number of pyridine rings is 1. The molecular formula is C10H11N. The molecule has 1 saturated carbocycles. The van der Waals surface area contributed by atoms with Crippen LogP contribution in [0.1, 0.15) is 25.0 Å². The maximum atomic E-state index is 4.22. The van der Waals surface area contributed by atoms with Crippen LogP contribution in [0.15, 0.2) is 30.0 Å². The molecule has 1 fully saturated rings. The summed E-state index contributed by atoms with van der Waals surface area (Å²) < 4.78 is 0. The standard InChI is InChI=1S/C10H11N/c1-2-7-11-10(6-1)8-9-4-3-5-9/h1-2,6-8H,3-5H2. The molecule has 0 bridgehead atoms. The van der Waals surface area contributed by atoms with Crippen molar-refractivity contribution in [1.82, 2.24) is 4.98 Å². The van der Waals surface area contributed by atoms with Crippen LogP contribution in [0, 0.1) is 0 Å². The summed E-state index contributed by atoms with van der Waals surface area (Å²) in [5.41, 5.74) is 2.64. The summed E-state index contributed by atoms with van der Waals surface area (Å²) in [5, 5.41) is 0. The van der Waals surface area contributed by atoms with E-state index in [2.05, 4.69) is 11.1 Å². The molecule has 0 aliphatic heterocycles. The average molecular weight is 145 g/mol. The Balaban J connectivity index is 2.17. The second kappa shape index (κ2) is 2.87. The van der Waals surface area contributed by atoms with Gasteiger partial charge in [-0.1, -0.05) is 11.6 Å². The molecule has 1 aromatic heterocycles. The number of nitrogens with zero attached hydrogens (tertiary/aromatic N) is 1. The highest BCUT2D eigenvalue weighted by Crippen LogP contribution is 2.26. The molecule has 1 nitrogen and oxygen atoms in total. The van der Waals surface area contributed by atoms with Crippen molar-refractivity contribution < 1.29 is 0 Å². The highest BCUT2D eigenvalue weighted by Gasteiger charge is 2.07. The number of rotatable bonds is 1. The van der Waals surface area contributed by atoms with Gasteiger partial charge in [0.15, 0.2) is 0 Å². The second-order valence-corrected chi connectivity index (χ2v) is 2.91. The van der Waals surface area contributed by atoms with Crippen molar-refractivity contribution in [3.05, 3.63) is 35.7 Å². The fourth-order valence-electron chi connectivity index (χ4n) is 1.20. The van der Waals surface area contributed by atoms with Gasteiger partial charge in [-0.05, 0) is 37.5 Å². The molecule has 0 spiro atoms. The Bertz CT molecular complexity index is 255. The summed E-state index contributed by atoms with van der Waals surface area (Å²) >= 11 is 0. The van der Waals surface area contributed by atoms with Crippen LogP contribution in [-0.4, -0.2) is 4.98 Å². The lowest BCUT2D eigenvalue weighted by atomic mass is 9.92. The minimum absolute atomic E-state index is 1.10. The van der Waals surface area contributed by atoms with Gasteiger partial charge in [0.05, 0.1) is 5.69 Å². The van der Waals surface area contributed by atoms with Crippen LogP contribution in [0.25, 0.3) is 6.08 Å². The zero-order valence-electron chi connectivity index (χ0n) is 6.46. The largest absolute Gasteiger partial charge is 0.257 e. The molecule has 0 atom stereocenters. The van der Waals surface area contributed by atoms with Gasteiger partial charge in [-0.25, -0.2) is 0 Å². The second-order valence-electron chi connectivity index (χ2n) is 2.91. The Morgan fingerprint density at radius 1 is 1.27 bits per heavy atom. The van der Waals surface area contributed by atoms with Gasteiger partial charge < -0.3 is 0 Å². The van der Waals surface area contributed by atoms with E-state index in [4.69, 9.17) is 0 Å². The molecule has 0 amide bonds. The molecule has 0 radical (unpaired) electrons. The normalized spacial score (nSPS) is 15.8. The zero-order chi connectivity index (χ0) is 7.52. The Kier molecular flexibility index (Phi) is 1.72. The van der Waals surface area contributed by atoms with E-state index in [1.165, 1.54) is 19.3 Å². The first-order chi connectivity index (χ1) is 5.45. The first-order valence-corrected chi connectivity index (χ1v) is 4.05. The first-order valence-electron chi connectivity index (χ1n) is 4.05. The van der Waals surface area contributed by atoms with Crippen molar-refractivity contribution in [2.24, 2.45) is 0 Å². The van der Waals surface area contributed by atoms with Gasteiger partial charge in [0.1, 0.15) is 0 Å².